The summed E-state index contributed by atoms with van der Waals surface area (Å²) in [5.74, 6) is -0.138. The van der Waals surface area contributed by atoms with Crippen molar-refractivity contribution in [2.24, 2.45) is 0 Å². The lowest BCUT2D eigenvalue weighted by Crippen LogP contribution is -2.22. The van der Waals surface area contributed by atoms with Crippen LogP contribution in [0.25, 0.3) is 0 Å². The molecule has 0 bridgehead atoms. The van der Waals surface area contributed by atoms with Crippen LogP contribution in [0.3, 0.4) is 0 Å². The summed E-state index contributed by atoms with van der Waals surface area (Å²) in [6, 6.07) is 3.40. The lowest BCUT2D eigenvalue weighted by Gasteiger charge is -2.25. The number of carboxylic acid groups (broad SMARTS) is 1. The molecule has 94 valence electrons. The van der Waals surface area contributed by atoms with Crippen molar-refractivity contribution in [1.29, 1.82) is 0 Å². The van der Waals surface area contributed by atoms with Crippen LogP contribution in [0.1, 0.15) is 31.4 Å². The zero-order valence-electron chi connectivity index (χ0n) is 10.6. The van der Waals surface area contributed by atoms with Gasteiger partial charge in [0, 0.05) is 11.0 Å². The van der Waals surface area contributed by atoms with E-state index in [0.717, 1.165) is 0 Å². The van der Waals surface area contributed by atoms with E-state index in [1.807, 2.05) is 0 Å². The highest BCUT2D eigenvalue weighted by atomic mass is 16.5. The molecule has 0 spiro atoms. The van der Waals surface area contributed by atoms with Crippen LogP contribution in [0.4, 0.5) is 0 Å². The molecule has 0 aliphatic rings. The average molecular weight is 238 g/mol. The molecule has 0 aromatic heterocycles. The smallest absolute Gasteiger partial charge is 0.304 e. The first-order valence-electron chi connectivity index (χ1n) is 5.38. The Hall–Kier alpha value is -1.71. The maximum atomic E-state index is 10.8. The molecule has 0 aliphatic heterocycles. The molecule has 0 atom stereocenters. The Kier molecular flexibility index (Phi) is 3.66. The number of aromatic hydroxyl groups is 1. The number of phenolic OH excluding ortho intramolecular Hbond substituents is 1. The Morgan fingerprint density at radius 3 is 2.47 bits per heavy atom. The Morgan fingerprint density at radius 1 is 1.41 bits per heavy atom. The number of methoxy groups -OCH3 is 1. The topological polar surface area (TPSA) is 66.8 Å². The summed E-state index contributed by atoms with van der Waals surface area (Å²) in [5.41, 5.74) is 0.629. The minimum atomic E-state index is -0.894. The molecule has 1 aromatic rings. The summed E-state index contributed by atoms with van der Waals surface area (Å²) in [4.78, 5) is 10.8. The summed E-state index contributed by atoms with van der Waals surface area (Å²) in [5, 5.41) is 18.9. The van der Waals surface area contributed by atoms with Crippen molar-refractivity contribution in [3.63, 3.8) is 0 Å². The van der Waals surface area contributed by atoms with Crippen molar-refractivity contribution in [3.8, 4) is 11.5 Å². The van der Waals surface area contributed by atoms with Crippen LogP contribution < -0.4 is 4.74 Å². The first-order valence-corrected chi connectivity index (χ1v) is 5.38. The average Bonchev–Trinajstić information content (AvgIpc) is 2.19. The van der Waals surface area contributed by atoms with Crippen molar-refractivity contribution in [1.82, 2.24) is 0 Å². The zero-order chi connectivity index (χ0) is 13.2. The van der Waals surface area contributed by atoms with E-state index >= 15 is 0 Å². The number of carbonyl (C=O) groups is 1. The number of phenols is 1. The van der Waals surface area contributed by atoms with Gasteiger partial charge in [0.15, 0.2) is 0 Å². The Bertz CT molecular complexity index is 435. The number of hydrogen-bond acceptors (Lipinski definition) is 3. The number of ether oxygens (including phenoxy) is 1. The molecular formula is C13H18O4. The van der Waals surface area contributed by atoms with Crippen LogP contribution in [0.15, 0.2) is 12.1 Å². The normalized spacial score (nSPS) is 11.3. The number of benzene rings is 1. The van der Waals surface area contributed by atoms with E-state index in [-0.39, 0.29) is 12.2 Å². The van der Waals surface area contributed by atoms with Gasteiger partial charge >= 0.3 is 5.97 Å². The fraction of sp³-hybridized carbons (Fsp3) is 0.462. The van der Waals surface area contributed by atoms with E-state index in [0.29, 0.717) is 16.9 Å². The van der Waals surface area contributed by atoms with Gasteiger partial charge in [0.25, 0.3) is 0 Å². The summed E-state index contributed by atoms with van der Waals surface area (Å²) in [6.07, 6.45) is -0.0484. The fourth-order valence-electron chi connectivity index (χ4n) is 1.85. The highest BCUT2D eigenvalue weighted by Gasteiger charge is 2.28. The Morgan fingerprint density at radius 2 is 2.00 bits per heavy atom. The van der Waals surface area contributed by atoms with Crippen molar-refractivity contribution in [3.05, 3.63) is 23.3 Å². The molecule has 4 nitrogen and oxygen atoms in total. The SMILES string of the molecule is COc1cc(C)c(O)c(C(C)(C)CC(=O)O)c1. The van der Waals surface area contributed by atoms with Gasteiger partial charge in [-0.2, -0.15) is 0 Å². The monoisotopic (exact) mass is 238 g/mol. The largest absolute Gasteiger partial charge is 0.507 e. The highest BCUT2D eigenvalue weighted by molar-refractivity contribution is 5.69. The third-order valence-corrected chi connectivity index (χ3v) is 2.83. The first kappa shape index (κ1) is 13.4. The van der Waals surface area contributed by atoms with Crippen LogP contribution in [0.2, 0.25) is 0 Å². The number of carboxylic acids is 1. The molecule has 0 fully saturated rings. The van der Waals surface area contributed by atoms with Crippen LogP contribution in [-0.2, 0) is 10.2 Å². The third kappa shape index (κ3) is 2.90. The van der Waals surface area contributed by atoms with Gasteiger partial charge in [0.1, 0.15) is 11.5 Å². The summed E-state index contributed by atoms with van der Waals surface area (Å²) >= 11 is 0. The molecule has 0 amide bonds. The molecule has 4 heteroatoms. The van der Waals surface area contributed by atoms with Crippen LogP contribution >= 0.6 is 0 Å². The van der Waals surface area contributed by atoms with Crippen molar-refractivity contribution < 1.29 is 19.7 Å². The van der Waals surface area contributed by atoms with E-state index in [4.69, 9.17) is 9.84 Å². The Labute approximate surface area is 101 Å². The maximum Gasteiger partial charge on any atom is 0.304 e. The minimum Gasteiger partial charge on any atom is -0.507 e. The fourth-order valence-corrected chi connectivity index (χ4v) is 1.85. The molecule has 0 saturated carbocycles. The second kappa shape index (κ2) is 4.65. The molecule has 1 aromatic carbocycles. The highest BCUT2D eigenvalue weighted by Crippen LogP contribution is 2.38. The van der Waals surface area contributed by atoms with E-state index in [2.05, 4.69) is 0 Å². The molecule has 0 aliphatic carbocycles. The third-order valence-electron chi connectivity index (χ3n) is 2.83. The second-order valence-corrected chi connectivity index (χ2v) is 4.79. The van der Waals surface area contributed by atoms with Gasteiger partial charge in [0.2, 0.25) is 0 Å². The van der Waals surface area contributed by atoms with Crippen molar-refractivity contribution >= 4 is 5.97 Å². The van der Waals surface area contributed by atoms with Gasteiger partial charge in [-0.15, -0.1) is 0 Å². The molecule has 2 N–H and O–H groups in total. The number of rotatable bonds is 4. The molecule has 0 unspecified atom stereocenters. The quantitative estimate of drug-likeness (QED) is 0.845. The van der Waals surface area contributed by atoms with Gasteiger partial charge in [-0.1, -0.05) is 13.8 Å². The van der Waals surface area contributed by atoms with Gasteiger partial charge in [0.05, 0.1) is 13.5 Å². The van der Waals surface area contributed by atoms with Crippen molar-refractivity contribution in [2.75, 3.05) is 7.11 Å². The molecule has 0 heterocycles. The van der Waals surface area contributed by atoms with E-state index in [1.54, 1.807) is 40.0 Å². The van der Waals surface area contributed by atoms with Crippen LogP contribution in [-0.4, -0.2) is 23.3 Å². The van der Waals surface area contributed by atoms with Gasteiger partial charge in [-0.3, -0.25) is 4.79 Å². The molecular weight excluding hydrogens is 220 g/mol. The number of aryl methyl sites for hydroxylation is 1. The van der Waals surface area contributed by atoms with E-state index in [9.17, 15) is 9.90 Å². The van der Waals surface area contributed by atoms with E-state index < -0.39 is 11.4 Å². The lowest BCUT2D eigenvalue weighted by molar-refractivity contribution is -0.138. The molecule has 1 rings (SSSR count). The molecule has 17 heavy (non-hydrogen) atoms. The van der Waals surface area contributed by atoms with Crippen molar-refractivity contribution in [2.45, 2.75) is 32.6 Å². The standard InChI is InChI=1S/C13H18O4/c1-8-5-9(17-4)6-10(12(8)16)13(2,3)7-11(14)15/h5-6,16H,7H2,1-4H3,(H,14,15). The summed E-state index contributed by atoms with van der Waals surface area (Å²) in [7, 11) is 1.54. The molecule has 0 radical (unpaired) electrons. The van der Waals surface area contributed by atoms with E-state index in [1.165, 1.54) is 0 Å². The van der Waals surface area contributed by atoms with Gasteiger partial charge in [-0.25, -0.2) is 0 Å². The number of aliphatic carboxylic acids is 1. The second-order valence-electron chi connectivity index (χ2n) is 4.79. The summed E-state index contributed by atoms with van der Waals surface area (Å²) < 4.78 is 5.13. The predicted molar refractivity (Wildman–Crippen MR) is 64.7 cm³/mol. The predicted octanol–water partition coefficient (Wildman–Crippen LogP) is 2.46. The van der Waals surface area contributed by atoms with Gasteiger partial charge in [-0.05, 0) is 24.6 Å². The summed E-state index contributed by atoms with van der Waals surface area (Å²) in [6.45, 7) is 5.34. The maximum absolute atomic E-state index is 10.8. The van der Waals surface area contributed by atoms with Gasteiger partial charge < -0.3 is 14.9 Å². The first-order chi connectivity index (χ1) is 7.77. The number of hydrogen-bond donors (Lipinski definition) is 2. The molecule has 0 saturated heterocycles. The van der Waals surface area contributed by atoms with Crippen LogP contribution in [0, 0.1) is 6.92 Å². The minimum absolute atomic E-state index is 0.0484. The lowest BCUT2D eigenvalue weighted by atomic mass is 9.80. The van der Waals surface area contributed by atoms with Crippen LogP contribution in [0.5, 0.6) is 11.5 Å². The zero-order valence-corrected chi connectivity index (χ0v) is 10.6. The Balaban J connectivity index is 3.28.